The van der Waals surface area contributed by atoms with E-state index >= 15 is 0 Å². The lowest BCUT2D eigenvalue weighted by Crippen LogP contribution is -2.48. The van der Waals surface area contributed by atoms with Gasteiger partial charge in [-0.3, -0.25) is 14.4 Å². The zero-order valence-corrected chi connectivity index (χ0v) is 23.3. The lowest BCUT2D eigenvalue weighted by atomic mass is 9.64. The van der Waals surface area contributed by atoms with Crippen LogP contribution in [0.5, 0.6) is 5.75 Å². The van der Waals surface area contributed by atoms with Crippen LogP contribution in [0.2, 0.25) is 5.02 Å². The van der Waals surface area contributed by atoms with E-state index in [2.05, 4.69) is 0 Å². The summed E-state index contributed by atoms with van der Waals surface area (Å²) in [6, 6.07) is 23.0. The Labute approximate surface area is 247 Å². The van der Waals surface area contributed by atoms with Gasteiger partial charge in [0.15, 0.2) is 17.3 Å². The molecule has 4 aromatic carbocycles. The van der Waals surface area contributed by atoms with Crippen molar-refractivity contribution >= 4 is 40.7 Å². The molecule has 42 heavy (non-hydrogen) atoms. The van der Waals surface area contributed by atoms with Crippen molar-refractivity contribution in [3.05, 3.63) is 136 Å². The number of anilines is 1. The van der Waals surface area contributed by atoms with E-state index in [4.69, 9.17) is 16.3 Å². The van der Waals surface area contributed by atoms with Crippen molar-refractivity contribution < 1.29 is 23.5 Å². The number of benzene rings is 4. The number of ketones is 3. The molecule has 0 bridgehead atoms. The Kier molecular flexibility index (Phi) is 6.13. The molecular formula is C35H25ClFNO4. The first-order valence-electron chi connectivity index (χ1n) is 13.8. The number of hydrogen-bond acceptors (Lipinski definition) is 5. The number of hydrogen-bond donors (Lipinski definition) is 0. The molecule has 2 heterocycles. The zero-order chi connectivity index (χ0) is 29.2. The van der Waals surface area contributed by atoms with Gasteiger partial charge in [-0.1, -0.05) is 66.2 Å². The molecule has 3 atom stereocenters. The number of fused-ring (bicyclic) bond motifs is 5. The van der Waals surface area contributed by atoms with Gasteiger partial charge in [-0.25, -0.2) is 4.39 Å². The smallest absolute Gasteiger partial charge is 0.185 e. The molecule has 0 radical (unpaired) electrons. The van der Waals surface area contributed by atoms with Gasteiger partial charge in [-0.15, -0.1) is 0 Å². The molecule has 3 aliphatic rings. The van der Waals surface area contributed by atoms with Crippen molar-refractivity contribution in [2.75, 3.05) is 11.5 Å². The van der Waals surface area contributed by atoms with Crippen molar-refractivity contribution in [3.63, 3.8) is 0 Å². The van der Waals surface area contributed by atoms with Crippen LogP contribution in [0.1, 0.15) is 55.0 Å². The third-order valence-corrected chi connectivity index (χ3v) is 8.95. The first-order valence-corrected chi connectivity index (χ1v) is 14.2. The van der Waals surface area contributed by atoms with Crippen molar-refractivity contribution in [3.8, 4) is 5.75 Å². The van der Waals surface area contributed by atoms with E-state index in [1.54, 1.807) is 42.5 Å². The Balaban J connectivity index is 1.56. The van der Waals surface area contributed by atoms with E-state index in [-0.39, 0.29) is 22.9 Å². The SMILES string of the molecule is CCOc1ccccc1[C@@H]1[C@H](C(=O)c2ccc(F)cc2)N2c3ccc(Cl)cc3C=C[C@@H]2C12C(=O)c1ccccc1C2=O. The standard InChI is InChI=1S/C35H25ClFNO4/c1-2-42-28-10-6-5-9-26(28)30-31(32(39)20-11-15-23(37)16-12-20)38-27-17-14-22(36)19-21(27)13-18-29(38)35(30)33(40)24-7-3-4-8-25(24)34(35)41/h3-19,29-31H,2H2,1H3/t29-,30-,31-/m1/s1. The first-order chi connectivity index (χ1) is 20.4. The van der Waals surface area contributed by atoms with Crippen LogP contribution in [0.15, 0.2) is 97.1 Å². The minimum absolute atomic E-state index is 0.275. The van der Waals surface area contributed by atoms with Gasteiger partial charge in [0, 0.05) is 38.9 Å². The highest BCUT2D eigenvalue weighted by Crippen LogP contribution is 2.62. The van der Waals surface area contributed by atoms with Crippen molar-refractivity contribution in [2.24, 2.45) is 5.41 Å². The molecular weight excluding hydrogens is 553 g/mol. The Morgan fingerprint density at radius 3 is 2.29 bits per heavy atom. The van der Waals surface area contributed by atoms with Gasteiger partial charge in [0.1, 0.15) is 23.0 Å². The van der Waals surface area contributed by atoms with Crippen LogP contribution in [0.25, 0.3) is 6.08 Å². The predicted molar refractivity (Wildman–Crippen MR) is 159 cm³/mol. The normalized spacial score (nSPS) is 21.3. The van der Waals surface area contributed by atoms with Gasteiger partial charge < -0.3 is 9.64 Å². The van der Waals surface area contributed by atoms with Crippen molar-refractivity contribution in [2.45, 2.75) is 24.9 Å². The second-order valence-electron chi connectivity index (χ2n) is 10.8. The lowest BCUT2D eigenvalue weighted by molar-refractivity contribution is 0.0664. The maximum atomic E-state index is 14.8. The first kappa shape index (κ1) is 26.4. The summed E-state index contributed by atoms with van der Waals surface area (Å²) in [6.45, 7) is 2.21. The lowest BCUT2D eigenvalue weighted by Gasteiger charge is -2.37. The van der Waals surface area contributed by atoms with Crippen LogP contribution < -0.4 is 9.64 Å². The molecule has 5 nitrogen and oxygen atoms in total. The number of para-hydroxylation sites is 1. The van der Waals surface area contributed by atoms with Crippen LogP contribution in [0, 0.1) is 11.2 Å². The topological polar surface area (TPSA) is 63.7 Å². The molecule has 4 aromatic rings. The Hall–Kier alpha value is -4.55. The summed E-state index contributed by atoms with van der Waals surface area (Å²) in [5.41, 5.74) is 1.33. The van der Waals surface area contributed by atoms with Crippen LogP contribution in [-0.4, -0.2) is 36.0 Å². The maximum Gasteiger partial charge on any atom is 0.185 e. The second-order valence-corrected chi connectivity index (χ2v) is 11.2. The summed E-state index contributed by atoms with van der Waals surface area (Å²) in [4.78, 5) is 46.1. The molecule has 7 rings (SSSR count). The van der Waals surface area contributed by atoms with E-state index in [0.29, 0.717) is 39.8 Å². The van der Waals surface area contributed by atoms with Gasteiger partial charge in [0.2, 0.25) is 0 Å². The number of carbonyl (C=O) groups is 3. The Morgan fingerprint density at radius 2 is 1.60 bits per heavy atom. The molecule has 0 saturated carbocycles. The van der Waals surface area contributed by atoms with Crippen LogP contribution in [0.4, 0.5) is 10.1 Å². The zero-order valence-electron chi connectivity index (χ0n) is 22.6. The van der Waals surface area contributed by atoms with Crippen molar-refractivity contribution in [1.82, 2.24) is 0 Å². The summed E-state index contributed by atoms with van der Waals surface area (Å²) >= 11 is 6.36. The van der Waals surface area contributed by atoms with Gasteiger partial charge in [0.05, 0.1) is 12.6 Å². The molecule has 1 aliphatic carbocycles. The third-order valence-electron chi connectivity index (χ3n) is 8.72. The average molecular weight is 578 g/mol. The molecule has 0 unspecified atom stereocenters. The highest BCUT2D eigenvalue weighted by molar-refractivity contribution is 6.33. The molecule has 0 N–H and O–H groups in total. The third kappa shape index (κ3) is 3.58. The summed E-state index contributed by atoms with van der Waals surface area (Å²) in [5.74, 6) is -1.89. The Morgan fingerprint density at radius 1 is 0.929 bits per heavy atom. The number of carbonyl (C=O) groups excluding carboxylic acids is 3. The summed E-state index contributed by atoms with van der Waals surface area (Å²) in [7, 11) is 0. The van der Waals surface area contributed by atoms with E-state index in [1.165, 1.54) is 24.3 Å². The molecule has 1 fully saturated rings. The number of nitrogens with zero attached hydrogens (tertiary/aromatic N) is 1. The molecule has 0 amide bonds. The minimum Gasteiger partial charge on any atom is -0.494 e. The van der Waals surface area contributed by atoms with E-state index in [0.717, 1.165) is 5.56 Å². The molecule has 1 saturated heterocycles. The van der Waals surface area contributed by atoms with Gasteiger partial charge in [-0.2, -0.15) is 0 Å². The molecule has 0 aromatic heterocycles. The predicted octanol–water partition coefficient (Wildman–Crippen LogP) is 7.19. The highest BCUT2D eigenvalue weighted by atomic mass is 35.5. The fourth-order valence-electron chi connectivity index (χ4n) is 7.10. The van der Waals surface area contributed by atoms with Crippen molar-refractivity contribution in [1.29, 1.82) is 0 Å². The fraction of sp³-hybridized carbons (Fsp3) is 0.171. The summed E-state index contributed by atoms with van der Waals surface area (Å²) in [5, 5.41) is 0.519. The number of Topliss-reactive ketones (excluding diaryl/α,β-unsaturated/α-hetero) is 3. The molecule has 7 heteroatoms. The van der Waals surface area contributed by atoms with Crippen LogP contribution in [-0.2, 0) is 0 Å². The number of halogens is 2. The second kappa shape index (κ2) is 9.78. The monoisotopic (exact) mass is 577 g/mol. The average Bonchev–Trinajstić information content (AvgIpc) is 3.43. The van der Waals surface area contributed by atoms with Gasteiger partial charge in [-0.05, 0) is 61.0 Å². The number of rotatable bonds is 5. The van der Waals surface area contributed by atoms with E-state index < -0.39 is 29.2 Å². The molecule has 1 spiro atoms. The molecule has 208 valence electrons. The van der Waals surface area contributed by atoms with E-state index in [1.807, 2.05) is 48.2 Å². The van der Waals surface area contributed by atoms with Gasteiger partial charge in [0.25, 0.3) is 0 Å². The largest absolute Gasteiger partial charge is 0.494 e. The maximum absolute atomic E-state index is 14.8. The fourth-order valence-corrected chi connectivity index (χ4v) is 7.28. The summed E-state index contributed by atoms with van der Waals surface area (Å²) in [6.07, 6.45) is 3.71. The highest BCUT2D eigenvalue weighted by Gasteiger charge is 2.71. The van der Waals surface area contributed by atoms with Crippen LogP contribution >= 0.6 is 11.6 Å². The Bertz CT molecular complexity index is 1780. The number of ether oxygens (including phenoxy) is 1. The molecule has 2 aliphatic heterocycles. The van der Waals surface area contributed by atoms with E-state index in [9.17, 15) is 18.8 Å². The van der Waals surface area contributed by atoms with Crippen LogP contribution in [0.3, 0.4) is 0 Å². The minimum atomic E-state index is -1.66. The van der Waals surface area contributed by atoms with Gasteiger partial charge >= 0.3 is 0 Å². The summed E-state index contributed by atoms with van der Waals surface area (Å²) < 4.78 is 20.0. The quantitative estimate of drug-likeness (QED) is 0.185.